The number of carbonyl (C=O) groups excluding carboxylic acids is 1. The van der Waals surface area contributed by atoms with Crippen LogP contribution in [0.3, 0.4) is 0 Å². The Morgan fingerprint density at radius 1 is 1.32 bits per heavy atom. The van der Waals surface area contributed by atoms with Crippen LogP contribution in [0.5, 0.6) is 0 Å². The fraction of sp³-hybridized carbons (Fsp3) is 0.333. The zero-order valence-corrected chi connectivity index (χ0v) is 11.8. The first-order valence-electron chi connectivity index (χ1n) is 5.66. The summed E-state index contributed by atoms with van der Waals surface area (Å²) < 4.78 is 46.4. The molecule has 19 heavy (non-hydrogen) atoms. The quantitative estimate of drug-likeness (QED) is 0.698. The number of hydrogen-bond acceptors (Lipinski definition) is 3. The molecule has 1 aromatic rings. The first-order chi connectivity index (χ1) is 8.97. The van der Waals surface area contributed by atoms with Crippen molar-refractivity contribution in [3.63, 3.8) is 0 Å². The number of benzene rings is 1. The maximum atomic E-state index is 12.3. The summed E-state index contributed by atoms with van der Waals surface area (Å²) >= 11 is -2.88. The molecule has 7 heteroatoms. The molecule has 1 heterocycles. The predicted molar refractivity (Wildman–Crippen MR) is 70.8 cm³/mol. The third-order valence-corrected chi connectivity index (χ3v) is 6.71. The standard InChI is InChI=1S/C12H9F3INO2/c13-12(14,15)11(18)19-16-8-5-1-3-7-4-2-6-9(17-16)10(7)8/h1,3,5H,2,4,6H2. The Morgan fingerprint density at radius 3 is 2.84 bits per heavy atom. The molecule has 1 aliphatic carbocycles. The van der Waals surface area contributed by atoms with E-state index < -0.39 is 32.7 Å². The molecule has 0 aromatic heterocycles. The summed E-state index contributed by atoms with van der Waals surface area (Å²) in [4.78, 5) is 10.9. The number of carbonyl (C=O) groups is 1. The number of nitrogens with zero attached hydrogens (tertiary/aromatic N) is 1. The summed E-state index contributed by atoms with van der Waals surface area (Å²) in [7, 11) is 0. The van der Waals surface area contributed by atoms with E-state index in [2.05, 4.69) is 6.27 Å². The van der Waals surface area contributed by atoms with Crippen molar-refractivity contribution in [1.29, 1.82) is 0 Å². The van der Waals surface area contributed by atoms with E-state index in [4.69, 9.17) is 0 Å². The molecule has 0 amide bonds. The zero-order valence-electron chi connectivity index (χ0n) is 9.63. The van der Waals surface area contributed by atoms with Gasteiger partial charge < -0.3 is 0 Å². The molecule has 1 aromatic carbocycles. The normalized spacial score (nSPS) is 18.9. The molecule has 3 nitrogen and oxygen atoms in total. The van der Waals surface area contributed by atoms with E-state index in [9.17, 15) is 18.0 Å². The number of aryl methyl sites for hydroxylation is 1. The van der Waals surface area contributed by atoms with Gasteiger partial charge in [-0.1, -0.05) is 0 Å². The van der Waals surface area contributed by atoms with E-state index in [0.29, 0.717) is 3.57 Å². The van der Waals surface area contributed by atoms with Gasteiger partial charge in [-0.05, 0) is 0 Å². The van der Waals surface area contributed by atoms with Crippen molar-refractivity contribution >= 4 is 32.2 Å². The van der Waals surface area contributed by atoms with E-state index in [0.717, 1.165) is 36.1 Å². The van der Waals surface area contributed by atoms with Gasteiger partial charge in [-0.25, -0.2) is 0 Å². The minimum atomic E-state index is -4.95. The van der Waals surface area contributed by atoms with Gasteiger partial charge in [0.05, 0.1) is 0 Å². The SMILES string of the molecule is O=C(OI1N=C2CCCc3cccc1c32)C(F)(F)F. The second-order valence-electron chi connectivity index (χ2n) is 4.25. The number of rotatable bonds is 1. The summed E-state index contributed by atoms with van der Waals surface area (Å²) in [5.74, 6) is -2.13. The number of alkyl halides is 3. The molecular weight excluding hydrogens is 374 g/mol. The van der Waals surface area contributed by atoms with Crippen LogP contribution < -0.4 is 0 Å². The summed E-state index contributed by atoms with van der Waals surface area (Å²) in [5.41, 5.74) is 2.86. The molecular formula is C12H9F3INO2. The van der Waals surface area contributed by atoms with Crippen LogP contribution in [0.25, 0.3) is 0 Å². The van der Waals surface area contributed by atoms with Gasteiger partial charge in [-0.3, -0.25) is 0 Å². The van der Waals surface area contributed by atoms with Gasteiger partial charge in [-0.15, -0.1) is 0 Å². The summed E-state index contributed by atoms with van der Waals surface area (Å²) in [6.07, 6.45) is -2.36. The van der Waals surface area contributed by atoms with Crippen molar-refractivity contribution in [2.45, 2.75) is 25.4 Å². The summed E-state index contributed by atoms with van der Waals surface area (Å²) in [6, 6.07) is 5.48. The third-order valence-electron chi connectivity index (χ3n) is 2.98. The van der Waals surface area contributed by atoms with Crippen molar-refractivity contribution in [2.75, 3.05) is 0 Å². The molecule has 1 aliphatic heterocycles. The van der Waals surface area contributed by atoms with E-state index in [1.807, 2.05) is 6.07 Å². The first-order valence-corrected chi connectivity index (χ1v) is 8.59. The Kier molecular flexibility index (Phi) is 3.03. The zero-order chi connectivity index (χ0) is 13.6. The van der Waals surface area contributed by atoms with E-state index in [1.54, 1.807) is 12.1 Å². The number of halogens is 4. The van der Waals surface area contributed by atoms with E-state index in [1.165, 1.54) is 0 Å². The summed E-state index contributed by atoms with van der Waals surface area (Å²) in [6.45, 7) is 0. The van der Waals surface area contributed by atoms with Crippen LogP contribution in [-0.2, 0) is 14.3 Å². The van der Waals surface area contributed by atoms with Crippen LogP contribution in [0.15, 0.2) is 21.4 Å². The maximum absolute atomic E-state index is 12.3. The molecule has 0 fully saturated rings. The van der Waals surface area contributed by atoms with Crippen LogP contribution >= 0.6 is 20.5 Å². The van der Waals surface area contributed by atoms with Gasteiger partial charge in [0.15, 0.2) is 0 Å². The molecule has 0 N–H and O–H groups in total. The minimum absolute atomic E-state index is 0.717. The van der Waals surface area contributed by atoms with Crippen LogP contribution in [-0.4, -0.2) is 17.9 Å². The van der Waals surface area contributed by atoms with Crippen molar-refractivity contribution in [1.82, 2.24) is 0 Å². The topological polar surface area (TPSA) is 38.7 Å². The predicted octanol–water partition coefficient (Wildman–Crippen LogP) is 3.44. The Bertz CT molecular complexity index is 583. The van der Waals surface area contributed by atoms with Crippen LogP contribution in [0, 0.1) is 3.57 Å². The van der Waals surface area contributed by atoms with E-state index in [-0.39, 0.29) is 0 Å². The van der Waals surface area contributed by atoms with Gasteiger partial charge in [0, 0.05) is 0 Å². The van der Waals surface area contributed by atoms with Crippen molar-refractivity contribution < 1.29 is 21.0 Å². The van der Waals surface area contributed by atoms with Crippen LogP contribution in [0.1, 0.15) is 24.0 Å². The van der Waals surface area contributed by atoms with Gasteiger partial charge in [-0.2, -0.15) is 0 Å². The molecule has 0 bridgehead atoms. The van der Waals surface area contributed by atoms with Crippen LogP contribution in [0.2, 0.25) is 0 Å². The van der Waals surface area contributed by atoms with Gasteiger partial charge in [0.2, 0.25) is 0 Å². The second-order valence-corrected chi connectivity index (χ2v) is 7.65. The summed E-state index contributed by atoms with van der Waals surface area (Å²) in [5, 5.41) is 0. The average molecular weight is 383 g/mol. The fourth-order valence-electron chi connectivity index (χ4n) is 2.20. The molecule has 0 saturated heterocycles. The molecule has 0 unspecified atom stereocenters. The first kappa shape index (κ1) is 12.9. The van der Waals surface area contributed by atoms with Gasteiger partial charge >= 0.3 is 115 Å². The van der Waals surface area contributed by atoms with Crippen molar-refractivity contribution in [2.24, 2.45) is 3.21 Å². The molecule has 2 aliphatic rings. The molecule has 0 saturated carbocycles. The Hall–Kier alpha value is -1.12. The Morgan fingerprint density at radius 2 is 2.11 bits per heavy atom. The second kappa shape index (κ2) is 4.46. The average Bonchev–Trinajstić information content (AvgIpc) is 2.69. The Labute approximate surface area is 115 Å². The van der Waals surface area contributed by atoms with E-state index >= 15 is 0 Å². The molecule has 3 rings (SSSR count). The molecule has 0 spiro atoms. The molecule has 0 atom stereocenters. The van der Waals surface area contributed by atoms with Gasteiger partial charge in [0.1, 0.15) is 0 Å². The Balaban J connectivity index is 1.94. The van der Waals surface area contributed by atoms with Crippen molar-refractivity contribution in [3.05, 3.63) is 32.9 Å². The van der Waals surface area contributed by atoms with Crippen LogP contribution in [0.4, 0.5) is 13.2 Å². The molecule has 0 radical (unpaired) electrons. The number of hydrogen-bond donors (Lipinski definition) is 0. The molecule has 102 valence electrons. The monoisotopic (exact) mass is 383 g/mol. The third kappa shape index (κ3) is 2.24. The van der Waals surface area contributed by atoms with Gasteiger partial charge in [0.25, 0.3) is 0 Å². The fourth-order valence-corrected chi connectivity index (χ4v) is 6.07. The van der Waals surface area contributed by atoms with Crippen molar-refractivity contribution in [3.8, 4) is 0 Å².